The number of rotatable bonds is 8. The molecule has 0 aliphatic carbocycles. The van der Waals surface area contributed by atoms with E-state index in [1.54, 1.807) is 0 Å². The molecule has 1 atom stereocenters. The summed E-state index contributed by atoms with van der Waals surface area (Å²) in [5.74, 6) is 0.450. The Kier molecular flexibility index (Phi) is 7.56. The van der Waals surface area contributed by atoms with Crippen LogP contribution in [0.3, 0.4) is 0 Å². The van der Waals surface area contributed by atoms with Crippen molar-refractivity contribution in [2.24, 2.45) is 27.6 Å². The third kappa shape index (κ3) is 4.89. The van der Waals surface area contributed by atoms with E-state index in [2.05, 4.69) is 101 Å². The second-order valence-corrected chi connectivity index (χ2v) is 10.1. The molecular weight excluding hydrogens is 300 g/mol. The fraction of sp³-hybridized carbons (Fsp3) is 0.640. The molecule has 142 valence electrons. The number of hydrogen-bond acceptors (Lipinski definition) is 0. The summed E-state index contributed by atoms with van der Waals surface area (Å²) in [6.07, 6.45) is 6.89. The molecule has 0 aliphatic rings. The normalized spacial score (nSPS) is 15.4. The Labute approximate surface area is 158 Å². The molecule has 0 amide bonds. The summed E-state index contributed by atoms with van der Waals surface area (Å²) >= 11 is 0. The van der Waals surface area contributed by atoms with E-state index in [0.717, 1.165) is 6.42 Å². The predicted molar refractivity (Wildman–Crippen MR) is 116 cm³/mol. The first-order valence-electron chi connectivity index (χ1n) is 9.44. The van der Waals surface area contributed by atoms with Crippen LogP contribution in [0.5, 0.6) is 0 Å². The summed E-state index contributed by atoms with van der Waals surface area (Å²) in [7, 11) is 0. The Balaban J connectivity index is 5.65. The lowest BCUT2D eigenvalue weighted by molar-refractivity contribution is 0.0136. The molecule has 0 radical (unpaired) electrons. The zero-order valence-electron chi connectivity index (χ0n) is 18.6. The fourth-order valence-electron chi connectivity index (χ4n) is 3.23. The van der Waals surface area contributed by atoms with Gasteiger partial charge < -0.3 is 0 Å². The van der Waals surface area contributed by atoms with Crippen LogP contribution >= 0.6 is 0 Å². The molecule has 0 nitrogen and oxygen atoms in total. The molecule has 0 aliphatic heterocycles. The van der Waals surface area contributed by atoms with Crippen molar-refractivity contribution in [1.29, 1.82) is 0 Å². The van der Waals surface area contributed by atoms with Crippen LogP contribution in [0, 0.1) is 27.6 Å². The van der Waals surface area contributed by atoms with Crippen LogP contribution in [-0.4, -0.2) is 0 Å². The van der Waals surface area contributed by atoms with E-state index in [9.17, 15) is 0 Å². The second-order valence-electron chi connectivity index (χ2n) is 10.1. The minimum Gasteiger partial charge on any atom is -0.128 e. The molecule has 0 bridgehead atoms. The van der Waals surface area contributed by atoms with E-state index < -0.39 is 0 Å². The average Bonchev–Trinajstić information content (AvgIpc) is 2.45. The number of allylic oxidation sites excluding steroid dienone is 5. The maximum absolute atomic E-state index is 4.53. The van der Waals surface area contributed by atoms with Crippen LogP contribution in [0.1, 0.15) is 75.7 Å². The first kappa shape index (κ1) is 23.7. The van der Waals surface area contributed by atoms with Gasteiger partial charge in [0.2, 0.25) is 0 Å². The van der Waals surface area contributed by atoms with E-state index in [1.165, 1.54) is 11.1 Å². The van der Waals surface area contributed by atoms with E-state index in [1.807, 2.05) is 12.2 Å². The van der Waals surface area contributed by atoms with Gasteiger partial charge in [-0.2, -0.15) is 0 Å². The minimum atomic E-state index is 0.00375. The third-order valence-corrected chi connectivity index (χ3v) is 7.40. The highest BCUT2D eigenvalue weighted by atomic mass is 14.5. The second kappa shape index (κ2) is 7.96. The van der Waals surface area contributed by atoms with Gasteiger partial charge in [0.05, 0.1) is 0 Å². The van der Waals surface area contributed by atoms with Crippen molar-refractivity contribution in [1.82, 2.24) is 0 Å². The lowest BCUT2D eigenvalue weighted by atomic mass is 9.52. The van der Waals surface area contributed by atoms with E-state index in [4.69, 9.17) is 0 Å². The highest BCUT2D eigenvalue weighted by Crippen LogP contribution is 2.56. The Morgan fingerprint density at radius 3 is 1.84 bits per heavy atom. The molecule has 0 spiro atoms. The van der Waals surface area contributed by atoms with Gasteiger partial charge in [-0.15, -0.1) is 5.73 Å². The Morgan fingerprint density at radius 1 is 1.00 bits per heavy atom. The topological polar surface area (TPSA) is 0 Å². The largest absolute Gasteiger partial charge is 0.128 e. The lowest BCUT2D eigenvalue weighted by Crippen LogP contribution is -2.44. The SMILES string of the molecule is C=C=C/C(=C\C=C)C(C)(C)C(C)CC(=C)C(C)(C)C(C)(C)C(C)(C)C. The molecule has 0 saturated heterocycles. The molecule has 0 aromatic heterocycles. The molecule has 0 rings (SSSR count). The van der Waals surface area contributed by atoms with Crippen LogP contribution in [0.15, 0.2) is 54.8 Å². The van der Waals surface area contributed by atoms with Crippen LogP contribution in [0.2, 0.25) is 0 Å². The molecule has 0 heteroatoms. The first-order valence-corrected chi connectivity index (χ1v) is 9.44. The summed E-state index contributed by atoms with van der Waals surface area (Å²) < 4.78 is 0. The molecule has 0 N–H and O–H groups in total. The van der Waals surface area contributed by atoms with Crippen molar-refractivity contribution >= 4 is 0 Å². The van der Waals surface area contributed by atoms with E-state index in [0.29, 0.717) is 5.92 Å². The monoisotopic (exact) mass is 342 g/mol. The standard InChI is InChI=1S/C25H42/c1-14-16-21(17-15-2)23(8,9)19(3)18-20(4)24(10,11)25(12,13)22(5,6)7/h14,16-17,19H,1-2,4,18H2,3,5-13H3/b21-16+. The van der Waals surface area contributed by atoms with Crippen molar-refractivity contribution in [2.75, 3.05) is 0 Å². The zero-order valence-corrected chi connectivity index (χ0v) is 18.6. The van der Waals surface area contributed by atoms with Gasteiger partial charge in [-0.25, -0.2) is 0 Å². The third-order valence-electron chi connectivity index (χ3n) is 7.40. The van der Waals surface area contributed by atoms with Gasteiger partial charge in [-0.05, 0) is 45.6 Å². The van der Waals surface area contributed by atoms with Gasteiger partial charge in [-0.1, -0.05) is 107 Å². The zero-order chi connectivity index (χ0) is 20.3. The highest BCUT2D eigenvalue weighted by molar-refractivity contribution is 5.30. The minimum absolute atomic E-state index is 0.00375. The van der Waals surface area contributed by atoms with Crippen molar-refractivity contribution in [2.45, 2.75) is 75.7 Å². The Morgan fingerprint density at radius 2 is 1.48 bits per heavy atom. The Bertz CT molecular complexity index is 564. The molecule has 0 aromatic rings. The highest BCUT2D eigenvalue weighted by Gasteiger charge is 2.47. The molecule has 1 unspecified atom stereocenters. The van der Waals surface area contributed by atoms with Crippen LogP contribution in [0.4, 0.5) is 0 Å². The molecule has 0 saturated carbocycles. The molecule has 25 heavy (non-hydrogen) atoms. The van der Waals surface area contributed by atoms with Gasteiger partial charge in [0.1, 0.15) is 0 Å². The average molecular weight is 343 g/mol. The summed E-state index contributed by atoms with van der Waals surface area (Å²) in [6, 6.07) is 0. The van der Waals surface area contributed by atoms with Crippen LogP contribution in [0.25, 0.3) is 0 Å². The van der Waals surface area contributed by atoms with Crippen molar-refractivity contribution < 1.29 is 0 Å². The maximum atomic E-state index is 4.53. The fourth-order valence-corrected chi connectivity index (χ4v) is 3.23. The predicted octanol–water partition coefficient (Wildman–Crippen LogP) is 8.15. The molecule has 0 heterocycles. The van der Waals surface area contributed by atoms with Gasteiger partial charge in [0, 0.05) is 0 Å². The van der Waals surface area contributed by atoms with E-state index >= 15 is 0 Å². The van der Waals surface area contributed by atoms with E-state index in [-0.39, 0.29) is 21.7 Å². The molecular formula is C25H42. The van der Waals surface area contributed by atoms with Crippen molar-refractivity contribution in [3.63, 3.8) is 0 Å². The van der Waals surface area contributed by atoms with Crippen LogP contribution < -0.4 is 0 Å². The van der Waals surface area contributed by atoms with Gasteiger partial charge in [-0.3, -0.25) is 0 Å². The lowest BCUT2D eigenvalue weighted by Gasteiger charge is -2.52. The van der Waals surface area contributed by atoms with Gasteiger partial charge in [0.25, 0.3) is 0 Å². The maximum Gasteiger partial charge on any atom is -0.00688 e. The molecule has 0 aromatic carbocycles. The number of hydrogen-bond donors (Lipinski definition) is 0. The summed E-state index contributed by atoms with van der Waals surface area (Å²) in [4.78, 5) is 0. The smallest absolute Gasteiger partial charge is 0.00688 e. The first-order chi connectivity index (χ1) is 11.1. The molecule has 0 fully saturated rings. The van der Waals surface area contributed by atoms with Crippen molar-refractivity contribution in [3.05, 3.63) is 54.8 Å². The van der Waals surface area contributed by atoms with Crippen molar-refractivity contribution in [3.8, 4) is 0 Å². The quantitative estimate of drug-likeness (QED) is 0.237. The summed E-state index contributed by atoms with van der Waals surface area (Å²) in [5, 5.41) is 0. The van der Waals surface area contributed by atoms with Crippen LogP contribution in [-0.2, 0) is 0 Å². The Hall–Kier alpha value is -1.26. The summed E-state index contributed by atoms with van der Waals surface area (Å²) in [6.45, 7) is 35.5. The van der Waals surface area contributed by atoms with Gasteiger partial charge in [0.15, 0.2) is 0 Å². The summed E-state index contributed by atoms with van der Waals surface area (Å²) in [5.41, 5.74) is 5.87. The van der Waals surface area contributed by atoms with Gasteiger partial charge >= 0.3 is 0 Å².